The Kier molecular flexibility index (Phi) is 22.5. The zero-order valence-electron chi connectivity index (χ0n) is 50.2. The second-order valence-corrected chi connectivity index (χ2v) is 22.0. The third-order valence-electron chi connectivity index (χ3n) is 15.5. The Labute approximate surface area is 516 Å². The molecule has 0 bridgehead atoms. The molecule has 2 N–H and O–H groups in total. The van der Waals surface area contributed by atoms with Crippen LogP contribution in [0.25, 0.3) is 55.1 Å². The minimum Gasteiger partial charge on any atom is -0.508 e. The Hall–Kier alpha value is -7.45. The lowest BCUT2D eigenvalue weighted by Gasteiger charge is -2.37. The lowest BCUT2D eigenvalue weighted by Crippen LogP contribution is -2.48. The van der Waals surface area contributed by atoms with Crippen molar-refractivity contribution in [3.05, 3.63) is 108 Å². The summed E-state index contributed by atoms with van der Waals surface area (Å²) < 4.78 is 62.7. The van der Waals surface area contributed by atoms with Gasteiger partial charge in [-0.3, -0.25) is 9.59 Å². The predicted molar refractivity (Wildman–Crippen MR) is 337 cm³/mol. The van der Waals surface area contributed by atoms with Gasteiger partial charge in [-0.1, -0.05) is 54.6 Å². The summed E-state index contributed by atoms with van der Waals surface area (Å²) in [4.78, 5) is 60.4. The standard InChI is InChI=1S/C64H77ClFN11O11/c1-5-55(79)74-16-18-75(19-17-74)60-52-40-53(65)56(51-39-48(78)38-45-9-6-7-12-49(45)51)57(66)58(52)69-63(71-60)73(4)20-24-82-28-30-84-32-34-86-36-35-85-33-31-83-29-27-81-23-15-67-62(80)47-11-8-10-46(37-47)54-14-13-50-59(68-54)70-64(77-22-26-88-42-44(77)3)72-61(50)76-21-25-87-41-43(76)2/h5-14,37-40,43-44,78H,1,15-36,41-42H2,2-4H3,(H,67,80)/t43-,44-/m1/s1. The number of phenols is 1. The number of hydrogen-bond donors (Lipinski definition) is 2. The van der Waals surface area contributed by atoms with E-state index in [9.17, 15) is 14.7 Å². The highest BCUT2D eigenvalue weighted by atomic mass is 35.5. The smallest absolute Gasteiger partial charge is 0.251 e. The monoisotopic (exact) mass is 1230 g/mol. The molecule has 6 heterocycles. The zero-order chi connectivity index (χ0) is 61.4. The van der Waals surface area contributed by atoms with Crippen LogP contribution < -0.4 is 24.9 Å². The van der Waals surface area contributed by atoms with Crippen LogP contribution in [0, 0.1) is 5.82 Å². The summed E-state index contributed by atoms with van der Waals surface area (Å²) in [6.07, 6.45) is 1.30. The van der Waals surface area contributed by atoms with Gasteiger partial charge >= 0.3 is 0 Å². The number of anilines is 4. The Morgan fingerprint density at radius 2 is 1.35 bits per heavy atom. The number of aromatic hydroxyl groups is 1. The number of piperazine rings is 1. The molecule has 7 aromatic rings. The van der Waals surface area contributed by atoms with Gasteiger partial charge in [0, 0.05) is 81.5 Å². The second-order valence-electron chi connectivity index (χ2n) is 21.6. The van der Waals surface area contributed by atoms with Crippen molar-refractivity contribution in [1.29, 1.82) is 0 Å². The molecule has 3 fully saturated rings. The first-order valence-electron chi connectivity index (χ1n) is 30.0. The molecule has 22 nitrogen and oxygen atoms in total. The van der Waals surface area contributed by atoms with Gasteiger partial charge in [0.05, 0.1) is 134 Å². The summed E-state index contributed by atoms with van der Waals surface area (Å²) in [5, 5.41) is 16.5. The van der Waals surface area contributed by atoms with Crippen molar-refractivity contribution >= 4 is 79.7 Å². The highest BCUT2D eigenvalue weighted by Gasteiger charge is 2.30. The number of nitrogens with zero attached hydrogens (tertiary/aromatic N) is 10. The van der Waals surface area contributed by atoms with Gasteiger partial charge in [-0.05, 0) is 78.7 Å². The first kappa shape index (κ1) is 63.6. The fraction of sp³-hybridized carbons (Fsp3) is 0.453. The van der Waals surface area contributed by atoms with Gasteiger partial charge in [0.2, 0.25) is 17.8 Å². The summed E-state index contributed by atoms with van der Waals surface area (Å²) >= 11 is 6.91. The minimum atomic E-state index is -0.639. The topological polar surface area (TPSA) is 221 Å². The molecular weight excluding hydrogens is 1150 g/mol. The lowest BCUT2D eigenvalue weighted by atomic mass is 9.96. The Morgan fingerprint density at radius 3 is 2.02 bits per heavy atom. The molecule has 10 rings (SSSR count). The average molecular weight is 1230 g/mol. The van der Waals surface area contributed by atoms with E-state index < -0.39 is 5.82 Å². The molecule has 3 aliphatic heterocycles. The molecule has 0 radical (unpaired) electrons. The summed E-state index contributed by atoms with van der Waals surface area (Å²) in [7, 11) is 1.81. The zero-order valence-corrected chi connectivity index (χ0v) is 50.9. The number of amides is 2. The molecule has 4 aromatic carbocycles. The van der Waals surface area contributed by atoms with Crippen LogP contribution in [0.5, 0.6) is 5.75 Å². The third-order valence-corrected chi connectivity index (χ3v) is 15.8. The first-order valence-corrected chi connectivity index (χ1v) is 30.4. The fourth-order valence-corrected chi connectivity index (χ4v) is 11.1. The van der Waals surface area contributed by atoms with Gasteiger partial charge in [0.15, 0.2) is 11.5 Å². The summed E-state index contributed by atoms with van der Waals surface area (Å²) in [6, 6.07) is 23.9. The van der Waals surface area contributed by atoms with Gasteiger partial charge in [-0.2, -0.15) is 15.0 Å². The van der Waals surface area contributed by atoms with Crippen LogP contribution in [0.2, 0.25) is 5.02 Å². The molecule has 88 heavy (non-hydrogen) atoms. The molecule has 0 unspecified atom stereocenters. The van der Waals surface area contributed by atoms with Crippen LogP contribution in [0.4, 0.5) is 27.9 Å². The average Bonchev–Trinajstić information content (AvgIpc) is 0.814. The van der Waals surface area contributed by atoms with E-state index in [1.165, 1.54) is 12.1 Å². The number of likely N-dealkylation sites (N-methyl/N-ethyl adjacent to an activating group) is 1. The van der Waals surface area contributed by atoms with Crippen molar-refractivity contribution in [2.24, 2.45) is 0 Å². The molecular formula is C64H77ClFN11O11. The Morgan fingerprint density at radius 1 is 0.705 bits per heavy atom. The number of nitrogens with one attached hydrogen (secondary N) is 1. The molecule has 24 heteroatoms. The van der Waals surface area contributed by atoms with E-state index in [4.69, 9.17) is 74.4 Å². The third kappa shape index (κ3) is 15.9. The predicted octanol–water partition coefficient (Wildman–Crippen LogP) is 7.20. The number of carbonyl (C=O) groups is 2. The normalized spacial score (nSPS) is 16.5. The van der Waals surface area contributed by atoms with Crippen LogP contribution in [-0.2, 0) is 42.7 Å². The number of pyridine rings is 1. The van der Waals surface area contributed by atoms with Crippen LogP contribution in [0.1, 0.15) is 24.2 Å². The number of ether oxygens (including phenoxy) is 8. The van der Waals surface area contributed by atoms with E-state index in [0.29, 0.717) is 191 Å². The molecule has 0 aliphatic carbocycles. The SMILES string of the molecule is C=CC(=O)N1CCN(c2nc(N(C)CCOCCOCCOCCOCCOCCOCCNC(=O)c3cccc(-c4ccc5c(N6CCOC[C@H]6C)nc(N6CCOC[C@H]6C)nc5n4)c3)nc3c(F)c(-c4cc(O)cc5ccccc45)c(Cl)cc23)CC1. The largest absolute Gasteiger partial charge is 0.508 e. The number of aromatic nitrogens is 5. The molecule has 0 spiro atoms. The maximum atomic E-state index is 17.1. The second kappa shape index (κ2) is 31.1. The Balaban J connectivity index is 0.584. The number of hydrogen-bond acceptors (Lipinski definition) is 20. The molecule has 0 saturated carbocycles. The van der Waals surface area contributed by atoms with E-state index in [0.717, 1.165) is 34.1 Å². The van der Waals surface area contributed by atoms with E-state index in [2.05, 4.69) is 35.5 Å². The highest BCUT2D eigenvalue weighted by Crippen LogP contribution is 2.43. The highest BCUT2D eigenvalue weighted by molar-refractivity contribution is 6.35. The number of halogens is 2. The molecule has 468 valence electrons. The van der Waals surface area contributed by atoms with Crippen molar-refractivity contribution < 1.29 is 57.0 Å². The fourth-order valence-electron chi connectivity index (χ4n) is 10.8. The molecule has 3 saturated heterocycles. The molecule has 3 aliphatic rings. The van der Waals surface area contributed by atoms with Gasteiger partial charge in [0.1, 0.15) is 22.9 Å². The number of rotatable bonds is 29. The van der Waals surface area contributed by atoms with E-state index in [-0.39, 0.29) is 51.7 Å². The van der Waals surface area contributed by atoms with Crippen molar-refractivity contribution in [2.75, 3.05) is 185 Å². The Bertz CT molecular complexity index is 3530. The molecule has 2 amide bonds. The molecule has 3 aromatic heterocycles. The summed E-state index contributed by atoms with van der Waals surface area (Å²) in [6.45, 7) is 18.7. The van der Waals surface area contributed by atoms with Gasteiger partial charge < -0.3 is 72.8 Å². The van der Waals surface area contributed by atoms with Crippen LogP contribution in [-0.4, -0.2) is 224 Å². The van der Waals surface area contributed by atoms with Crippen LogP contribution in [0.3, 0.4) is 0 Å². The van der Waals surface area contributed by atoms with Crippen molar-refractivity contribution in [3.8, 4) is 28.1 Å². The number of morpholine rings is 2. The van der Waals surface area contributed by atoms with E-state index >= 15 is 4.39 Å². The maximum absolute atomic E-state index is 17.1. The summed E-state index contributed by atoms with van der Waals surface area (Å²) in [5.41, 5.74) is 3.25. The number of benzene rings is 4. The van der Waals surface area contributed by atoms with Crippen molar-refractivity contribution in [2.45, 2.75) is 25.9 Å². The lowest BCUT2D eigenvalue weighted by molar-refractivity contribution is -0.126. The first-order chi connectivity index (χ1) is 42.9. The van der Waals surface area contributed by atoms with E-state index in [1.54, 1.807) is 28.0 Å². The minimum absolute atomic E-state index is 0.0197. The van der Waals surface area contributed by atoms with E-state index in [1.807, 2.05) is 66.5 Å². The van der Waals surface area contributed by atoms with Crippen LogP contribution >= 0.6 is 11.6 Å². The number of phenolic OH excluding ortho intramolecular Hbond substituents is 1. The number of fused-ring (bicyclic) bond motifs is 3. The summed E-state index contributed by atoms with van der Waals surface area (Å²) in [5.74, 6) is 1.22. The quantitative estimate of drug-likeness (QED) is 0.0349. The number of carbonyl (C=O) groups excluding carboxylic acids is 2. The van der Waals surface area contributed by atoms with Gasteiger partial charge in [0.25, 0.3) is 5.91 Å². The maximum Gasteiger partial charge on any atom is 0.251 e. The van der Waals surface area contributed by atoms with Crippen molar-refractivity contribution in [3.63, 3.8) is 0 Å². The molecule has 2 atom stereocenters. The van der Waals surface area contributed by atoms with Gasteiger partial charge in [-0.25, -0.2) is 14.4 Å². The van der Waals surface area contributed by atoms with Gasteiger partial charge in [-0.15, -0.1) is 0 Å². The van der Waals surface area contributed by atoms with Crippen LogP contribution in [0.15, 0.2) is 91.5 Å². The van der Waals surface area contributed by atoms with Crippen molar-refractivity contribution in [1.82, 2.24) is 35.1 Å².